The van der Waals surface area contributed by atoms with Crippen LogP contribution in [0.3, 0.4) is 0 Å². The number of hydrogen-bond donors (Lipinski definition) is 1. The minimum absolute atomic E-state index is 0.589. The van der Waals surface area contributed by atoms with E-state index in [2.05, 4.69) is 38.3 Å². The molecule has 1 aromatic carbocycles. The first-order valence-electron chi connectivity index (χ1n) is 7.18. The van der Waals surface area contributed by atoms with Gasteiger partial charge >= 0.3 is 0 Å². The van der Waals surface area contributed by atoms with E-state index in [0.717, 1.165) is 18.8 Å². The van der Waals surface area contributed by atoms with E-state index in [4.69, 9.17) is 0 Å². The van der Waals surface area contributed by atoms with Crippen LogP contribution >= 0.6 is 0 Å². The number of benzene rings is 1. The lowest BCUT2D eigenvalue weighted by Crippen LogP contribution is -2.05. The van der Waals surface area contributed by atoms with Crippen LogP contribution < -0.4 is 5.32 Å². The molecule has 0 amide bonds. The molecule has 0 bridgehead atoms. The van der Waals surface area contributed by atoms with Gasteiger partial charge in [0.05, 0.1) is 0 Å². The molecule has 1 aromatic heterocycles. The topological polar surface area (TPSA) is 42.7 Å². The van der Waals surface area contributed by atoms with Crippen LogP contribution in [0.25, 0.3) is 11.4 Å². The lowest BCUT2D eigenvalue weighted by atomic mass is 10.1. The van der Waals surface area contributed by atoms with Gasteiger partial charge < -0.3 is 9.88 Å². The smallest absolute Gasteiger partial charge is 0.164 e. The molecule has 1 aliphatic heterocycles. The zero-order valence-corrected chi connectivity index (χ0v) is 11.0. The minimum Gasteiger partial charge on any atom is -0.384 e. The molecule has 1 N–H and O–H groups in total. The van der Waals surface area contributed by atoms with Crippen molar-refractivity contribution in [1.29, 1.82) is 0 Å². The summed E-state index contributed by atoms with van der Waals surface area (Å²) in [6, 6.07) is 7.21. The number of nitrogens with one attached hydrogen (secondary N) is 1. The Morgan fingerprint density at radius 1 is 1.21 bits per heavy atom. The monoisotopic (exact) mass is 254 g/mol. The third-order valence-corrected chi connectivity index (χ3v) is 4.37. The first-order valence-corrected chi connectivity index (χ1v) is 7.18. The van der Waals surface area contributed by atoms with Crippen LogP contribution in [0.5, 0.6) is 0 Å². The van der Waals surface area contributed by atoms with Crippen molar-refractivity contribution in [2.24, 2.45) is 0 Å². The first-order chi connectivity index (χ1) is 9.42. The lowest BCUT2D eigenvalue weighted by molar-refractivity contribution is 0.522. The van der Waals surface area contributed by atoms with E-state index in [1.807, 2.05) is 6.33 Å². The van der Waals surface area contributed by atoms with Crippen molar-refractivity contribution in [3.05, 3.63) is 30.1 Å². The molecule has 1 aliphatic carbocycles. The Morgan fingerprint density at radius 2 is 2.11 bits per heavy atom. The normalized spacial score (nSPS) is 18.5. The third kappa shape index (κ3) is 1.82. The van der Waals surface area contributed by atoms with Gasteiger partial charge in [-0.15, -0.1) is 10.2 Å². The molecule has 1 fully saturated rings. The average molecular weight is 254 g/mol. The Balaban J connectivity index is 1.74. The fourth-order valence-electron chi connectivity index (χ4n) is 3.33. The summed E-state index contributed by atoms with van der Waals surface area (Å²) < 4.78 is 2.27. The van der Waals surface area contributed by atoms with Gasteiger partial charge in [-0.25, -0.2) is 0 Å². The van der Waals surface area contributed by atoms with E-state index < -0.39 is 0 Å². The van der Waals surface area contributed by atoms with Crippen LogP contribution in [0.1, 0.15) is 37.3 Å². The average Bonchev–Trinajstić information content (AvgIpc) is 3.18. The van der Waals surface area contributed by atoms with E-state index in [-0.39, 0.29) is 0 Å². The molecule has 0 radical (unpaired) electrons. The van der Waals surface area contributed by atoms with Crippen molar-refractivity contribution in [2.45, 2.75) is 38.1 Å². The zero-order valence-electron chi connectivity index (χ0n) is 11.0. The van der Waals surface area contributed by atoms with Gasteiger partial charge in [-0.2, -0.15) is 0 Å². The quantitative estimate of drug-likeness (QED) is 0.895. The van der Waals surface area contributed by atoms with Gasteiger partial charge in [-0.3, -0.25) is 0 Å². The Hall–Kier alpha value is -1.84. The maximum atomic E-state index is 4.34. The lowest BCUT2D eigenvalue weighted by Gasteiger charge is -2.14. The Kier molecular flexibility index (Phi) is 2.53. The predicted molar refractivity (Wildman–Crippen MR) is 75.2 cm³/mol. The summed E-state index contributed by atoms with van der Waals surface area (Å²) in [6.45, 7) is 1.05. The number of rotatable bonds is 2. The number of hydrogen-bond acceptors (Lipinski definition) is 3. The molecule has 1 saturated carbocycles. The molecule has 4 rings (SSSR count). The number of aromatic nitrogens is 3. The van der Waals surface area contributed by atoms with E-state index in [1.54, 1.807) is 0 Å². The molecular weight excluding hydrogens is 236 g/mol. The Labute approximate surface area is 112 Å². The second-order valence-electron chi connectivity index (χ2n) is 5.55. The summed E-state index contributed by atoms with van der Waals surface area (Å²) in [4.78, 5) is 0. The molecular formula is C15H18N4. The molecule has 2 aliphatic rings. The Morgan fingerprint density at radius 3 is 3.00 bits per heavy atom. The summed E-state index contributed by atoms with van der Waals surface area (Å²) in [5.41, 5.74) is 3.85. The molecule has 2 aromatic rings. The maximum absolute atomic E-state index is 4.34. The highest BCUT2D eigenvalue weighted by atomic mass is 15.3. The van der Waals surface area contributed by atoms with Gasteiger partial charge in [0, 0.05) is 23.8 Å². The molecule has 98 valence electrons. The van der Waals surface area contributed by atoms with E-state index >= 15 is 0 Å². The van der Waals surface area contributed by atoms with Crippen LogP contribution in [-0.2, 0) is 6.42 Å². The van der Waals surface area contributed by atoms with Gasteiger partial charge in [-0.1, -0.05) is 25.0 Å². The summed E-state index contributed by atoms with van der Waals surface area (Å²) in [5.74, 6) is 1.02. The van der Waals surface area contributed by atoms with Gasteiger partial charge in [0.1, 0.15) is 6.33 Å². The van der Waals surface area contributed by atoms with Gasteiger partial charge in [0.25, 0.3) is 0 Å². The van der Waals surface area contributed by atoms with Gasteiger partial charge in [-0.05, 0) is 30.9 Å². The van der Waals surface area contributed by atoms with E-state index in [0.29, 0.717) is 6.04 Å². The van der Waals surface area contributed by atoms with Crippen LogP contribution in [0, 0.1) is 0 Å². The van der Waals surface area contributed by atoms with Crippen molar-refractivity contribution in [2.75, 3.05) is 11.9 Å². The highest BCUT2D eigenvalue weighted by molar-refractivity contribution is 5.67. The number of nitrogens with zero attached hydrogens (tertiary/aromatic N) is 3. The molecule has 0 saturated heterocycles. The first kappa shape index (κ1) is 11.0. The summed E-state index contributed by atoms with van der Waals surface area (Å²) >= 11 is 0. The van der Waals surface area contributed by atoms with E-state index in [1.165, 1.54) is 42.5 Å². The molecule has 0 atom stereocenters. The molecule has 2 heterocycles. The molecule has 0 unspecified atom stereocenters. The second kappa shape index (κ2) is 4.37. The van der Waals surface area contributed by atoms with Crippen LogP contribution in [0.4, 0.5) is 5.69 Å². The Bertz CT molecular complexity index is 596. The van der Waals surface area contributed by atoms with Crippen LogP contribution in [0.15, 0.2) is 24.5 Å². The molecule has 19 heavy (non-hydrogen) atoms. The van der Waals surface area contributed by atoms with Crippen LogP contribution in [-0.4, -0.2) is 21.3 Å². The SMILES string of the molecule is c1cc2c(cc1-c1nncn1C1CCCC1)NCC2. The van der Waals surface area contributed by atoms with E-state index in [9.17, 15) is 0 Å². The second-order valence-corrected chi connectivity index (χ2v) is 5.55. The van der Waals surface area contributed by atoms with Gasteiger partial charge in [0.15, 0.2) is 5.82 Å². The maximum Gasteiger partial charge on any atom is 0.164 e. The largest absolute Gasteiger partial charge is 0.384 e. The highest BCUT2D eigenvalue weighted by Crippen LogP contribution is 2.34. The molecule has 4 nitrogen and oxygen atoms in total. The molecule has 4 heteroatoms. The van der Waals surface area contributed by atoms with Crippen LogP contribution in [0.2, 0.25) is 0 Å². The third-order valence-electron chi connectivity index (χ3n) is 4.37. The fraction of sp³-hybridized carbons (Fsp3) is 0.467. The van der Waals surface area contributed by atoms with Crippen molar-refractivity contribution in [3.63, 3.8) is 0 Å². The minimum atomic E-state index is 0.589. The van der Waals surface area contributed by atoms with Crippen molar-refractivity contribution in [1.82, 2.24) is 14.8 Å². The number of anilines is 1. The van der Waals surface area contributed by atoms with Gasteiger partial charge in [0.2, 0.25) is 0 Å². The number of fused-ring (bicyclic) bond motifs is 1. The van der Waals surface area contributed by atoms with Crippen molar-refractivity contribution >= 4 is 5.69 Å². The standard InChI is InChI=1S/C15H18N4/c1-2-4-13(3-1)19-10-17-18-15(19)12-6-5-11-7-8-16-14(11)9-12/h5-6,9-10,13,16H,1-4,7-8H2. The van der Waals surface area contributed by atoms with Crippen molar-refractivity contribution in [3.8, 4) is 11.4 Å². The summed E-state index contributed by atoms with van der Waals surface area (Å²) in [7, 11) is 0. The highest BCUT2D eigenvalue weighted by Gasteiger charge is 2.21. The fourth-order valence-corrected chi connectivity index (χ4v) is 3.33. The predicted octanol–water partition coefficient (Wildman–Crippen LogP) is 3.03. The summed E-state index contributed by atoms with van der Waals surface area (Å²) in [6.07, 6.45) is 8.20. The van der Waals surface area contributed by atoms with Crippen molar-refractivity contribution < 1.29 is 0 Å². The summed E-state index contributed by atoms with van der Waals surface area (Å²) in [5, 5.41) is 11.9. The molecule has 0 spiro atoms. The zero-order chi connectivity index (χ0) is 12.7.